The zero-order chi connectivity index (χ0) is 16.5. The fourth-order valence-electron chi connectivity index (χ4n) is 2.86. The van der Waals surface area contributed by atoms with Crippen molar-refractivity contribution in [1.29, 1.82) is 5.26 Å². The first kappa shape index (κ1) is 18.4. The second-order valence-electron chi connectivity index (χ2n) is 6.37. The highest BCUT2D eigenvalue weighted by atomic mass is 16.2. The van der Waals surface area contributed by atoms with Gasteiger partial charge in [-0.25, -0.2) is 0 Å². The number of carbonyl (C=O) groups excluding carboxylic acids is 2. The van der Waals surface area contributed by atoms with Gasteiger partial charge >= 0.3 is 0 Å². The molecule has 2 heterocycles. The van der Waals surface area contributed by atoms with Crippen molar-refractivity contribution < 1.29 is 9.59 Å². The first-order valence-electron chi connectivity index (χ1n) is 8.02. The van der Waals surface area contributed by atoms with Gasteiger partial charge in [-0.05, 0) is 45.1 Å². The molecular weight excluding hydrogens is 280 g/mol. The molecule has 0 aliphatic carbocycles. The molecule has 2 fully saturated rings. The van der Waals surface area contributed by atoms with E-state index in [1.165, 1.54) is 6.42 Å². The van der Waals surface area contributed by atoms with Crippen LogP contribution in [0.15, 0.2) is 0 Å². The van der Waals surface area contributed by atoms with Gasteiger partial charge in [0.05, 0.1) is 6.07 Å². The van der Waals surface area contributed by atoms with Crippen molar-refractivity contribution in [3.63, 3.8) is 0 Å². The van der Waals surface area contributed by atoms with Gasteiger partial charge in [0.25, 0.3) is 0 Å². The Morgan fingerprint density at radius 1 is 1.50 bits per heavy atom. The van der Waals surface area contributed by atoms with Crippen LogP contribution in [0.1, 0.15) is 39.0 Å². The number of carbonyl (C=O) groups is 2. The molecular formula is C16H28N4O2. The van der Waals surface area contributed by atoms with Crippen LogP contribution in [0.3, 0.4) is 0 Å². The highest BCUT2D eigenvalue weighted by Crippen LogP contribution is 2.18. The molecule has 6 nitrogen and oxygen atoms in total. The smallest absolute Gasteiger partial charge is 0.222 e. The van der Waals surface area contributed by atoms with E-state index >= 15 is 0 Å². The summed E-state index contributed by atoms with van der Waals surface area (Å²) in [5.41, 5.74) is 0. The number of nitrogens with zero attached hydrogens (tertiary/aromatic N) is 3. The Kier molecular flexibility index (Phi) is 7.89. The van der Waals surface area contributed by atoms with Crippen LogP contribution in [-0.2, 0) is 9.59 Å². The Balaban J connectivity index is 0.000000235. The second kappa shape index (κ2) is 9.42. The van der Waals surface area contributed by atoms with Crippen LogP contribution in [0.5, 0.6) is 0 Å². The maximum Gasteiger partial charge on any atom is 0.222 e. The van der Waals surface area contributed by atoms with Gasteiger partial charge in [0.2, 0.25) is 12.3 Å². The van der Waals surface area contributed by atoms with Gasteiger partial charge in [-0.2, -0.15) is 5.26 Å². The standard InChI is InChI=1S/C10H20N2O.C6H8N2O/c1-8-6-9(7-11-8)4-5-10(13)12(2)3;7-4-6-2-1-3-8(6)5-9/h8-9,11H,4-7H2,1-3H3;5-6H,1-3H2/t8-,9+;6-/m10/s1. The van der Waals surface area contributed by atoms with E-state index in [-0.39, 0.29) is 11.9 Å². The molecule has 3 atom stereocenters. The fourth-order valence-corrected chi connectivity index (χ4v) is 2.86. The average Bonchev–Trinajstić information content (AvgIpc) is 3.13. The largest absolute Gasteiger partial charge is 0.349 e. The van der Waals surface area contributed by atoms with Gasteiger partial charge in [-0.15, -0.1) is 0 Å². The van der Waals surface area contributed by atoms with Gasteiger partial charge in [0.1, 0.15) is 6.04 Å². The predicted molar refractivity (Wildman–Crippen MR) is 84.9 cm³/mol. The molecule has 2 aliphatic heterocycles. The summed E-state index contributed by atoms with van der Waals surface area (Å²) in [6.07, 6.45) is 5.52. The molecule has 0 bridgehead atoms. The van der Waals surface area contributed by atoms with Gasteiger partial charge in [-0.1, -0.05) is 0 Å². The summed E-state index contributed by atoms with van der Waals surface area (Å²) in [7, 11) is 3.63. The van der Waals surface area contributed by atoms with Gasteiger partial charge in [0.15, 0.2) is 0 Å². The summed E-state index contributed by atoms with van der Waals surface area (Å²) in [6, 6.07) is 2.55. The molecule has 2 amide bonds. The summed E-state index contributed by atoms with van der Waals surface area (Å²) in [4.78, 5) is 24.7. The van der Waals surface area contributed by atoms with Crippen LogP contribution in [0.4, 0.5) is 0 Å². The van der Waals surface area contributed by atoms with Crippen molar-refractivity contribution in [2.24, 2.45) is 5.92 Å². The molecule has 0 unspecified atom stereocenters. The molecule has 6 heteroatoms. The number of hydrogen-bond acceptors (Lipinski definition) is 4. The van der Waals surface area contributed by atoms with Crippen molar-refractivity contribution in [2.75, 3.05) is 27.2 Å². The molecule has 0 aromatic rings. The molecule has 0 saturated carbocycles. The van der Waals surface area contributed by atoms with Crippen molar-refractivity contribution in [1.82, 2.24) is 15.1 Å². The van der Waals surface area contributed by atoms with E-state index < -0.39 is 0 Å². The van der Waals surface area contributed by atoms with Crippen LogP contribution >= 0.6 is 0 Å². The van der Waals surface area contributed by atoms with E-state index in [9.17, 15) is 9.59 Å². The van der Waals surface area contributed by atoms with Crippen LogP contribution in [0.25, 0.3) is 0 Å². The highest BCUT2D eigenvalue weighted by Gasteiger charge is 2.22. The lowest BCUT2D eigenvalue weighted by Crippen LogP contribution is -2.25. The minimum absolute atomic E-state index is 0.150. The van der Waals surface area contributed by atoms with E-state index in [0.29, 0.717) is 18.4 Å². The number of rotatable bonds is 4. The lowest BCUT2D eigenvalue weighted by molar-refractivity contribution is -0.129. The maximum atomic E-state index is 11.3. The average molecular weight is 308 g/mol. The summed E-state index contributed by atoms with van der Waals surface area (Å²) in [6.45, 7) is 4.04. The van der Waals surface area contributed by atoms with Crippen molar-refractivity contribution in [3.05, 3.63) is 0 Å². The van der Waals surface area contributed by atoms with E-state index in [2.05, 4.69) is 18.3 Å². The van der Waals surface area contributed by atoms with Crippen molar-refractivity contribution >= 4 is 12.3 Å². The SMILES string of the molecule is C[C@@H]1C[C@H](CCC(=O)N(C)C)CN1.N#C[C@@H]1CCCN1C=O. The molecule has 1 N–H and O–H groups in total. The number of nitriles is 1. The first-order valence-corrected chi connectivity index (χ1v) is 8.02. The van der Waals surface area contributed by atoms with Gasteiger partial charge < -0.3 is 15.1 Å². The van der Waals surface area contributed by atoms with E-state index in [1.807, 2.05) is 14.1 Å². The number of amides is 2. The summed E-state index contributed by atoms with van der Waals surface area (Å²) in [5, 5.41) is 11.8. The van der Waals surface area contributed by atoms with Crippen LogP contribution < -0.4 is 5.32 Å². The van der Waals surface area contributed by atoms with Crippen LogP contribution in [-0.4, -0.2) is 61.4 Å². The normalized spacial score (nSPS) is 26.8. The van der Waals surface area contributed by atoms with Crippen molar-refractivity contribution in [3.8, 4) is 6.07 Å². The van der Waals surface area contributed by atoms with E-state index in [0.717, 1.165) is 38.8 Å². The summed E-state index contributed by atoms with van der Waals surface area (Å²) >= 11 is 0. The predicted octanol–water partition coefficient (Wildman–Crippen LogP) is 0.984. The Bertz CT molecular complexity index is 405. The minimum Gasteiger partial charge on any atom is -0.349 e. The molecule has 2 rings (SSSR count). The molecule has 0 aromatic heterocycles. The summed E-state index contributed by atoms with van der Waals surface area (Å²) < 4.78 is 0. The minimum atomic E-state index is -0.150. The first-order chi connectivity index (χ1) is 10.5. The van der Waals surface area contributed by atoms with Gasteiger partial charge in [0, 0.05) is 33.1 Å². The number of nitrogens with one attached hydrogen (secondary N) is 1. The maximum absolute atomic E-state index is 11.3. The third-order valence-corrected chi connectivity index (χ3v) is 4.29. The third-order valence-electron chi connectivity index (χ3n) is 4.29. The van der Waals surface area contributed by atoms with Crippen LogP contribution in [0, 0.1) is 17.2 Å². The third kappa shape index (κ3) is 6.02. The van der Waals surface area contributed by atoms with Crippen LogP contribution in [0.2, 0.25) is 0 Å². The lowest BCUT2D eigenvalue weighted by atomic mass is 10.0. The topological polar surface area (TPSA) is 76.4 Å². The molecule has 0 spiro atoms. The Morgan fingerprint density at radius 3 is 2.68 bits per heavy atom. The number of hydrogen-bond donors (Lipinski definition) is 1. The Morgan fingerprint density at radius 2 is 2.23 bits per heavy atom. The lowest BCUT2D eigenvalue weighted by Gasteiger charge is -2.12. The second-order valence-corrected chi connectivity index (χ2v) is 6.37. The highest BCUT2D eigenvalue weighted by molar-refractivity contribution is 5.75. The number of likely N-dealkylation sites (tertiary alicyclic amines) is 1. The summed E-state index contributed by atoms with van der Waals surface area (Å²) in [5.74, 6) is 0.957. The quantitative estimate of drug-likeness (QED) is 0.786. The molecule has 22 heavy (non-hydrogen) atoms. The van der Waals surface area contributed by atoms with Crippen molar-refractivity contribution in [2.45, 2.75) is 51.1 Å². The van der Waals surface area contributed by atoms with E-state index in [4.69, 9.17) is 5.26 Å². The molecule has 0 aromatic carbocycles. The molecule has 2 aliphatic rings. The van der Waals surface area contributed by atoms with Gasteiger partial charge in [-0.3, -0.25) is 9.59 Å². The molecule has 2 saturated heterocycles. The molecule has 124 valence electrons. The zero-order valence-corrected chi connectivity index (χ0v) is 13.9. The van der Waals surface area contributed by atoms with E-state index in [1.54, 1.807) is 9.80 Å². The molecule has 0 radical (unpaired) electrons. The zero-order valence-electron chi connectivity index (χ0n) is 13.9. The fraction of sp³-hybridized carbons (Fsp3) is 0.812. The Labute approximate surface area is 133 Å². The Hall–Kier alpha value is -1.61. The monoisotopic (exact) mass is 308 g/mol.